The standard InChI is InChI=1S/C18H23NO4Si/c1-22-17(21)19-15-8-6-5-7-14(15)16(20)18(19)11-9-13(10-12-18)23-24(2,3)4/h5-9H,10-12H2,1-4H3. The fourth-order valence-electron chi connectivity index (χ4n) is 3.52. The quantitative estimate of drug-likeness (QED) is 0.757. The first-order valence-electron chi connectivity index (χ1n) is 8.18. The van der Waals surface area contributed by atoms with Gasteiger partial charge in [0.2, 0.25) is 8.32 Å². The second kappa shape index (κ2) is 5.77. The van der Waals surface area contributed by atoms with E-state index in [2.05, 4.69) is 19.6 Å². The topological polar surface area (TPSA) is 55.8 Å². The molecule has 2 aliphatic rings. The number of carbonyl (C=O) groups is 2. The molecule has 24 heavy (non-hydrogen) atoms. The second-order valence-electron chi connectivity index (χ2n) is 7.27. The molecule has 1 atom stereocenters. The van der Waals surface area contributed by atoms with Crippen LogP contribution in [0.4, 0.5) is 10.5 Å². The zero-order valence-electron chi connectivity index (χ0n) is 14.6. The van der Waals surface area contributed by atoms with Crippen molar-refractivity contribution in [3.05, 3.63) is 41.7 Å². The van der Waals surface area contributed by atoms with Gasteiger partial charge in [-0.05, 0) is 44.3 Å². The number of fused-ring (bicyclic) bond motifs is 1. The lowest BCUT2D eigenvalue weighted by Crippen LogP contribution is -2.54. The summed E-state index contributed by atoms with van der Waals surface area (Å²) in [5, 5.41) is 0. The number of methoxy groups -OCH3 is 1. The van der Waals surface area contributed by atoms with Crippen LogP contribution >= 0.6 is 0 Å². The number of nitrogens with zero attached hydrogens (tertiary/aromatic N) is 1. The Balaban J connectivity index is 1.98. The minimum Gasteiger partial charge on any atom is -0.548 e. The molecule has 1 aliphatic heterocycles. The average molecular weight is 345 g/mol. The van der Waals surface area contributed by atoms with Gasteiger partial charge in [0.05, 0.1) is 18.6 Å². The first kappa shape index (κ1) is 16.8. The molecule has 3 rings (SSSR count). The SMILES string of the molecule is COC(=O)N1c2ccccc2C(=O)C12CC=C(O[Si](C)(C)C)CC2. The minimum atomic E-state index is -1.68. The van der Waals surface area contributed by atoms with Gasteiger partial charge in [-0.1, -0.05) is 12.1 Å². The Morgan fingerprint density at radius 3 is 2.54 bits per heavy atom. The monoisotopic (exact) mass is 345 g/mol. The molecule has 1 amide bonds. The Kier molecular flexibility index (Phi) is 4.03. The van der Waals surface area contributed by atoms with E-state index in [1.165, 1.54) is 12.0 Å². The Hall–Kier alpha value is -2.08. The number of ketones is 1. The molecule has 1 aromatic rings. The predicted molar refractivity (Wildman–Crippen MR) is 94.8 cm³/mol. The number of benzene rings is 1. The number of anilines is 1. The highest BCUT2D eigenvalue weighted by molar-refractivity contribution is 6.70. The summed E-state index contributed by atoms with van der Waals surface area (Å²) in [6.45, 7) is 6.40. The van der Waals surface area contributed by atoms with Gasteiger partial charge in [0.25, 0.3) is 0 Å². The maximum absolute atomic E-state index is 13.1. The number of Topliss-reactive ketones (excluding diaryl/α,β-unsaturated/α-hetero) is 1. The van der Waals surface area contributed by atoms with Crippen molar-refractivity contribution in [2.45, 2.75) is 44.4 Å². The number of carbonyl (C=O) groups excluding carboxylic acids is 2. The summed E-state index contributed by atoms with van der Waals surface area (Å²) >= 11 is 0. The van der Waals surface area contributed by atoms with Crippen molar-refractivity contribution in [2.24, 2.45) is 0 Å². The van der Waals surface area contributed by atoms with Gasteiger partial charge in [-0.25, -0.2) is 4.79 Å². The molecule has 0 bridgehead atoms. The van der Waals surface area contributed by atoms with E-state index in [0.717, 1.165) is 5.76 Å². The Labute approximate surface area is 143 Å². The molecule has 0 saturated carbocycles. The molecule has 0 aromatic heterocycles. The lowest BCUT2D eigenvalue weighted by atomic mass is 9.81. The maximum Gasteiger partial charge on any atom is 0.414 e. The van der Waals surface area contributed by atoms with Gasteiger partial charge < -0.3 is 9.16 Å². The Morgan fingerprint density at radius 1 is 1.25 bits per heavy atom. The summed E-state index contributed by atoms with van der Waals surface area (Å²) in [5.74, 6) is 0.931. The molecule has 5 nitrogen and oxygen atoms in total. The van der Waals surface area contributed by atoms with Crippen molar-refractivity contribution in [1.82, 2.24) is 0 Å². The summed E-state index contributed by atoms with van der Waals surface area (Å²) in [7, 11) is -0.333. The highest BCUT2D eigenvalue weighted by Crippen LogP contribution is 2.46. The molecule has 128 valence electrons. The summed E-state index contributed by atoms with van der Waals surface area (Å²) in [5.41, 5.74) is 0.339. The molecule has 1 aliphatic carbocycles. The van der Waals surface area contributed by atoms with Crippen LogP contribution in [0, 0.1) is 0 Å². The van der Waals surface area contributed by atoms with Crippen molar-refractivity contribution in [2.75, 3.05) is 12.0 Å². The summed E-state index contributed by atoms with van der Waals surface area (Å²) < 4.78 is 11.0. The second-order valence-corrected chi connectivity index (χ2v) is 11.7. The van der Waals surface area contributed by atoms with Gasteiger partial charge in [-0.2, -0.15) is 0 Å². The molecular weight excluding hydrogens is 322 g/mol. The molecule has 0 fully saturated rings. The third-order valence-corrected chi connectivity index (χ3v) is 5.36. The summed E-state index contributed by atoms with van der Waals surface area (Å²) in [6.07, 6.45) is 3.14. The van der Waals surface area contributed by atoms with Gasteiger partial charge in [0.1, 0.15) is 5.54 Å². The van der Waals surface area contributed by atoms with Gasteiger partial charge >= 0.3 is 6.09 Å². The van der Waals surface area contributed by atoms with Crippen LogP contribution in [0.2, 0.25) is 19.6 Å². The van der Waals surface area contributed by atoms with Crippen LogP contribution in [-0.2, 0) is 9.16 Å². The van der Waals surface area contributed by atoms with Crippen LogP contribution in [0.1, 0.15) is 29.6 Å². The average Bonchev–Trinajstić information content (AvgIpc) is 2.77. The van der Waals surface area contributed by atoms with Crippen LogP contribution < -0.4 is 4.90 Å². The zero-order chi connectivity index (χ0) is 17.5. The van der Waals surface area contributed by atoms with Crippen LogP contribution in [0.5, 0.6) is 0 Å². The molecule has 0 saturated heterocycles. The van der Waals surface area contributed by atoms with Crippen LogP contribution in [-0.4, -0.2) is 32.8 Å². The number of amides is 1. The van der Waals surface area contributed by atoms with Gasteiger partial charge in [-0.15, -0.1) is 0 Å². The van der Waals surface area contributed by atoms with E-state index >= 15 is 0 Å². The van der Waals surface area contributed by atoms with E-state index in [1.807, 2.05) is 18.2 Å². The van der Waals surface area contributed by atoms with Gasteiger partial charge in [0.15, 0.2) is 5.78 Å². The maximum atomic E-state index is 13.1. The highest BCUT2D eigenvalue weighted by Gasteiger charge is 2.54. The molecule has 1 heterocycles. The molecule has 0 radical (unpaired) electrons. The van der Waals surface area contributed by atoms with E-state index in [1.54, 1.807) is 12.1 Å². The highest BCUT2D eigenvalue weighted by atomic mass is 28.4. The first-order chi connectivity index (χ1) is 11.3. The number of hydrogen-bond donors (Lipinski definition) is 0. The van der Waals surface area contributed by atoms with Crippen LogP contribution in [0.3, 0.4) is 0 Å². The first-order valence-corrected chi connectivity index (χ1v) is 11.6. The fourth-order valence-corrected chi connectivity index (χ4v) is 4.49. The number of ether oxygens (including phenoxy) is 1. The van der Waals surface area contributed by atoms with Crippen LogP contribution in [0.25, 0.3) is 0 Å². The van der Waals surface area contributed by atoms with Crippen LogP contribution in [0.15, 0.2) is 36.1 Å². The fraction of sp³-hybridized carbons (Fsp3) is 0.444. The Bertz CT molecular complexity index is 722. The Morgan fingerprint density at radius 2 is 1.96 bits per heavy atom. The zero-order valence-corrected chi connectivity index (χ0v) is 15.6. The van der Waals surface area contributed by atoms with E-state index in [9.17, 15) is 9.59 Å². The molecule has 1 spiro atoms. The van der Waals surface area contributed by atoms with E-state index in [0.29, 0.717) is 30.5 Å². The number of hydrogen-bond acceptors (Lipinski definition) is 4. The van der Waals surface area contributed by atoms with Crippen molar-refractivity contribution in [3.8, 4) is 0 Å². The number of para-hydroxylation sites is 1. The molecule has 1 aromatic carbocycles. The normalized spacial score (nSPS) is 23.1. The summed E-state index contributed by atoms with van der Waals surface area (Å²) in [4.78, 5) is 27.0. The number of rotatable bonds is 2. The summed E-state index contributed by atoms with van der Waals surface area (Å²) in [6, 6.07) is 7.24. The smallest absolute Gasteiger partial charge is 0.414 e. The largest absolute Gasteiger partial charge is 0.548 e. The lowest BCUT2D eigenvalue weighted by Gasteiger charge is -2.39. The van der Waals surface area contributed by atoms with E-state index in [-0.39, 0.29) is 5.78 Å². The van der Waals surface area contributed by atoms with E-state index < -0.39 is 19.9 Å². The number of allylic oxidation sites excluding steroid dienone is 1. The molecular formula is C18H23NO4Si. The minimum absolute atomic E-state index is 0.00759. The molecule has 1 unspecified atom stereocenters. The predicted octanol–water partition coefficient (Wildman–Crippen LogP) is 4.11. The van der Waals surface area contributed by atoms with Crippen molar-refractivity contribution >= 4 is 25.9 Å². The third kappa shape index (κ3) is 2.64. The third-order valence-electron chi connectivity index (χ3n) is 4.49. The van der Waals surface area contributed by atoms with Crippen molar-refractivity contribution < 1.29 is 18.8 Å². The van der Waals surface area contributed by atoms with E-state index in [4.69, 9.17) is 9.16 Å². The molecule has 0 N–H and O–H groups in total. The molecule has 6 heteroatoms. The van der Waals surface area contributed by atoms with Gasteiger partial charge in [0, 0.05) is 18.4 Å². The lowest BCUT2D eigenvalue weighted by molar-refractivity contribution is 0.0872. The van der Waals surface area contributed by atoms with Gasteiger partial charge in [-0.3, -0.25) is 9.69 Å². The van der Waals surface area contributed by atoms with Crippen molar-refractivity contribution in [1.29, 1.82) is 0 Å². The van der Waals surface area contributed by atoms with Crippen molar-refractivity contribution in [3.63, 3.8) is 0 Å².